The Morgan fingerprint density at radius 3 is 2.59 bits per heavy atom. The minimum atomic E-state index is -3.92. The van der Waals surface area contributed by atoms with E-state index in [0.29, 0.717) is 12.1 Å². The number of nitrogens with zero attached hydrogens (tertiary/aromatic N) is 1. The molecule has 3 aromatic rings. The van der Waals surface area contributed by atoms with E-state index in [1.54, 1.807) is 18.2 Å². The van der Waals surface area contributed by atoms with Gasteiger partial charge in [0.25, 0.3) is 0 Å². The van der Waals surface area contributed by atoms with Gasteiger partial charge in [-0.05, 0) is 44.0 Å². The molecule has 0 bridgehead atoms. The number of rotatable bonds is 8. The highest BCUT2D eigenvalue weighted by atomic mass is 32.2. The first-order valence-electron chi connectivity index (χ1n) is 10.3. The van der Waals surface area contributed by atoms with Gasteiger partial charge in [-0.2, -0.15) is 4.98 Å². The van der Waals surface area contributed by atoms with Gasteiger partial charge in [-0.15, -0.1) is 0 Å². The van der Waals surface area contributed by atoms with Crippen molar-refractivity contribution in [1.29, 1.82) is 0 Å². The van der Waals surface area contributed by atoms with E-state index in [1.165, 1.54) is 12.1 Å². The van der Waals surface area contributed by atoms with E-state index in [9.17, 15) is 13.2 Å². The van der Waals surface area contributed by atoms with Crippen LogP contribution in [-0.4, -0.2) is 44.3 Å². The Morgan fingerprint density at radius 1 is 1.16 bits per heavy atom. The molecule has 32 heavy (non-hydrogen) atoms. The zero-order valence-electron chi connectivity index (χ0n) is 17.6. The molecule has 168 valence electrons. The van der Waals surface area contributed by atoms with Crippen LogP contribution in [-0.2, 0) is 19.4 Å². The van der Waals surface area contributed by atoms with Gasteiger partial charge in [-0.1, -0.05) is 47.7 Å². The van der Waals surface area contributed by atoms with Crippen LogP contribution in [0.1, 0.15) is 18.4 Å². The second kappa shape index (κ2) is 9.89. The van der Waals surface area contributed by atoms with Gasteiger partial charge in [0.15, 0.2) is 0 Å². The van der Waals surface area contributed by atoms with Gasteiger partial charge < -0.3 is 14.5 Å². The molecule has 4 rings (SSSR count). The summed E-state index contributed by atoms with van der Waals surface area (Å²) in [4.78, 5) is 16.8. The third-order valence-corrected chi connectivity index (χ3v) is 7.81. The highest BCUT2D eigenvalue weighted by Gasteiger charge is 2.29. The van der Waals surface area contributed by atoms with Gasteiger partial charge >= 0.3 is 0 Å². The monoisotopic (exact) mass is 472 g/mol. The van der Waals surface area contributed by atoms with E-state index in [1.807, 2.05) is 31.2 Å². The lowest BCUT2D eigenvalue weighted by molar-refractivity contribution is -0.119. The fraction of sp³-hybridized carbons (Fsp3) is 0.304. The van der Waals surface area contributed by atoms with E-state index in [0.717, 1.165) is 36.8 Å². The Balaban J connectivity index is 1.57. The van der Waals surface area contributed by atoms with Gasteiger partial charge in [0.05, 0.1) is 16.8 Å². The summed E-state index contributed by atoms with van der Waals surface area (Å²) < 4.78 is 37.8. The van der Waals surface area contributed by atoms with Crippen LogP contribution in [0.2, 0.25) is 0 Å². The number of benzene rings is 2. The van der Waals surface area contributed by atoms with E-state index < -0.39 is 9.84 Å². The number of nitrogens with one attached hydrogen (secondary N) is 1. The molecule has 2 heterocycles. The molecule has 1 aliphatic rings. The van der Waals surface area contributed by atoms with Crippen molar-refractivity contribution in [2.75, 3.05) is 18.9 Å². The third kappa shape index (κ3) is 5.23. The number of amides is 1. The molecule has 1 aliphatic heterocycles. The Morgan fingerprint density at radius 2 is 1.91 bits per heavy atom. The molecule has 2 aromatic carbocycles. The average molecular weight is 473 g/mol. The average Bonchev–Trinajstić information content (AvgIpc) is 3.48. The molecule has 0 radical (unpaired) electrons. The molecular weight excluding hydrogens is 448 g/mol. The summed E-state index contributed by atoms with van der Waals surface area (Å²) >= 11 is 1.02. The summed E-state index contributed by atoms with van der Waals surface area (Å²) in [6.45, 7) is 3.12. The summed E-state index contributed by atoms with van der Waals surface area (Å²) in [6.07, 6.45) is 1.96. The lowest BCUT2D eigenvalue weighted by Gasteiger charge is -2.10. The number of carbonyl (C=O) groups excluding carboxylic acids is 1. The van der Waals surface area contributed by atoms with Crippen LogP contribution in [0.5, 0.6) is 0 Å². The van der Waals surface area contributed by atoms with Crippen LogP contribution in [0.25, 0.3) is 11.5 Å². The maximum atomic E-state index is 13.2. The quantitative estimate of drug-likeness (QED) is 0.497. The van der Waals surface area contributed by atoms with Crippen LogP contribution < -0.4 is 5.32 Å². The van der Waals surface area contributed by atoms with E-state index >= 15 is 0 Å². The minimum absolute atomic E-state index is 0.00651. The van der Waals surface area contributed by atoms with Gasteiger partial charge in [-0.3, -0.25) is 4.79 Å². The largest absolute Gasteiger partial charge is 0.428 e. The molecule has 0 aliphatic carbocycles. The number of thioether (sulfide) groups is 1. The predicted molar refractivity (Wildman–Crippen MR) is 121 cm³/mol. The molecular formula is C23H24N2O5S2. The van der Waals surface area contributed by atoms with Crippen LogP contribution in [0.4, 0.5) is 0 Å². The molecule has 1 fully saturated rings. The van der Waals surface area contributed by atoms with Crippen molar-refractivity contribution < 1.29 is 22.4 Å². The molecule has 1 atom stereocenters. The molecule has 0 unspecified atom stereocenters. The fourth-order valence-corrected chi connectivity index (χ4v) is 5.68. The number of ether oxygens (including phenoxy) is 1. The van der Waals surface area contributed by atoms with Crippen molar-refractivity contribution in [2.45, 2.75) is 40.9 Å². The number of aromatic nitrogens is 1. The molecule has 1 amide bonds. The predicted octanol–water partition coefficient (Wildman–Crippen LogP) is 3.87. The van der Waals surface area contributed by atoms with Gasteiger partial charge in [0.1, 0.15) is 0 Å². The Kier molecular flexibility index (Phi) is 6.98. The summed E-state index contributed by atoms with van der Waals surface area (Å²) in [7, 11) is -3.92. The highest BCUT2D eigenvalue weighted by molar-refractivity contribution is 8.00. The molecule has 7 nitrogen and oxygen atoms in total. The third-order valence-electron chi connectivity index (χ3n) is 5.06. The zero-order chi connectivity index (χ0) is 22.6. The topological polar surface area (TPSA) is 98.5 Å². The van der Waals surface area contributed by atoms with E-state index in [-0.39, 0.29) is 38.7 Å². The summed E-state index contributed by atoms with van der Waals surface area (Å²) in [5.41, 5.74) is 1.73. The smallest absolute Gasteiger partial charge is 0.230 e. The number of oxazole rings is 1. The van der Waals surface area contributed by atoms with Crippen molar-refractivity contribution in [2.24, 2.45) is 0 Å². The lowest BCUT2D eigenvalue weighted by Crippen LogP contribution is -2.32. The van der Waals surface area contributed by atoms with Crippen LogP contribution in [0.15, 0.2) is 74.0 Å². The zero-order valence-corrected chi connectivity index (χ0v) is 19.2. The van der Waals surface area contributed by atoms with Crippen LogP contribution in [0, 0.1) is 6.92 Å². The first-order valence-corrected chi connectivity index (χ1v) is 12.8. The van der Waals surface area contributed by atoms with Crippen molar-refractivity contribution in [3.63, 3.8) is 0 Å². The molecule has 1 N–H and O–H groups in total. The first-order chi connectivity index (χ1) is 15.4. The normalized spacial score (nSPS) is 16.2. The van der Waals surface area contributed by atoms with Crippen molar-refractivity contribution in [3.8, 4) is 11.5 Å². The molecule has 0 spiro atoms. The van der Waals surface area contributed by atoms with E-state index in [4.69, 9.17) is 9.15 Å². The Labute approximate surface area is 191 Å². The van der Waals surface area contributed by atoms with Gasteiger partial charge in [0, 0.05) is 18.7 Å². The molecule has 1 aromatic heterocycles. The molecule has 9 heteroatoms. The second-order valence-electron chi connectivity index (χ2n) is 7.52. The first kappa shape index (κ1) is 22.6. The van der Waals surface area contributed by atoms with Crippen LogP contribution >= 0.6 is 11.8 Å². The van der Waals surface area contributed by atoms with Crippen molar-refractivity contribution >= 4 is 27.5 Å². The van der Waals surface area contributed by atoms with Gasteiger partial charge in [-0.25, -0.2) is 8.42 Å². The number of carbonyl (C=O) groups is 1. The van der Waals surface area contributed by atoms with Crippen LogP contribution in [0.3, 0.4) is 0 Å². The lowest BCUT2D eigenvalue weighted by atomic mass is 10.1. The maximum absolute atomic E-state index is 13.2. The SMILES string of the molecule is Cc1ccc(-c2nc(S(=O)(=O)c3ccccc3)c(SCC(=O)NC[C@H]3CCCO3)o2)cc1. The minimum Gasteiger partial charge on any atom is -0.428 e. The summed E-state index contributed by atoms with van der Waals surface area (Å²) in [5.74, 6) is -0.0179. The standard InChI is InChI=1S/C23H24N2O5S2/c1-16-9-11-17(12-10-16)21-25-22(32(27,28)19-7-3-2-4-8-19)23(30-21)31-15-20(26)24-14-18-6-5-13-29-18/h2-4,7-12,18H,5-6,13-15H2,1H3,(H,24,26)/t18-/m1/s1. The Bertz CT molecular complexity index is 1170. The summed E-state index contributed by atoms with van der Waals surface area (Å²) in [5, 5.41) is 2.74. The second-order valence-corrected chi connectivity index (χ2v) is 10.3. The van der Waals surface area contributed by atoms with Crippen molar-refractivity contribution in [3.05, 3.63) is 60.2 Å². The van der Waals surface area contributed by atoms with Gasteiger partial charge in [0.2, 0.25) is 31.8 Å². The fourth-order valence-electron chi connectivity index (χ4n) is 3.30. The number of sulfone groups is 1. The molecule has 1 saturated heterocycles. The van der Waals surface area contributed by atoms with E-state index in [2.05, 4.69) is 10.3 Å². The highest BCUT2D eigenvalue weighted by Crippen LogP contribution is 2.34. The Hall–Kier alpha value is -2.62. The number of hydrogen-bond donors (Lipinski definition) is 1. The maximum Gasteiger partial charge on any atom is 0.230 e. The number of hydrogen-bond acceptors (Lipinski definition) is 7. The number of aryl methyl sites for hydroxylation is 1. The summed E-state index contributed by atoms with van der Waals surface area (Å²) in [6, 6.07) is 15.5. The molecule has 0 saturated carbocycles. The van der Waals surface area contributed by atoms with Crippen molar-refractivity contribution in [1.82, 2.24) is 10.3 Å².